The number of likely N-dealkylation sites (N-methyl/N-ethyl adjacent to an activating group) is 1. The van der Waals surface area contributed by atoms with Gasteiger partial charge in [0, 0.05) is 22.0 Å². The monoisotopic (exact) mass is 375 g/mol. The van der Waals surface area contributed by atoms with Gasteiger partial charge in [0.1, 0.15) is 5.65 Å². The number of benzene rings is 2. The Morgan fingerprint density at radius 2 is 1.79 bits per heavy atom. The van der Waals surface area contributed by atoms with E-state index in [4.69, 9.17) is 4.98 Å². The molecule has 0 fully saturated rings. The van der Waals surface area contributed by atoms with Crippen molar-refractivity contribution in [3.8, 4) is 0 Å². The molecule has 4 nitrogen and oxygen atoms in total. The third-order valence-corrected chi connectivity index (χ3v) is 5.14. The molecule has 1 aliphatic rings. The summed E-state index contributed by atoms with van der Waals surface area (Å²) in [6, 6.07) is 14.3. The number of nitrogens with one attached hydrogen (secondary N) is 1. The van der Waals surface area contributed by atoms with Crippen molar-refractivity contribution >= 4 is 33.5 Å². The number of fused-ring (bicyclic) bond motifs is 4. The van der Waals surface area contributed by atoms with Gasteiger partial charge in [-0.3, -0.25) is 9.20 Å². The normalized spacial score (nSPS) is 15.2. The predicted molar refractivity (Wildman–Crippen MR) is 120 cm³/mol. The first-order valence-corrected chi connectivity index (χ1v) is 10.3. The van der Waals surface area contributed by atoms with Crippen LogP contribution in [-0.4, -0.2) is 22.5 Å². The Hall–Kier alpha value is -2.72. The zero-order valence-corrected chi connectivity index (χ0v) is 17.4. The Morgan fingerprint density at radius 3 is 2.54 bits per heavy atom. The molecule has 5 rings (SSSR count). The highest BCUT2D eigenvalue weighted by Crippen LogP contribution is 2.21. The lowest BCUT2D eigenvalue weighted by Gasteiger charge is -2.13. The second kappa shape index (κ2) is 8.53. The summed E-state index contributed by atoms with van der Waals surface area (Å²) < 4.78 is 1.77. The Labute approximate surface area is 165 Å². The number of para-hydroxylation sites is 2. The van der Waals surface area contributed by atoms with Crippen LogP contribution in [-0.2, 0) is 6.42 Å². The SMILES string of the molecule is CC.CC.CNC1CC=c2c3c(cccc3c(=O)n3c2nc2ccccc23)C1. The molecule has 4 heteroatoms. The summed E-state index contributed by atoms with van der Waals surface area (Å²) in [5, 5.41) is 6.32. The topological polar surface area (TPSA) is 46.4 Å². The van der Waals surface area contributed by atoms with E-state index in [1.807, 2.05) is 71.1 Å². The van der Waals surface area contributed by atoms with E-state index in [0.717, 1.165) is 45.5 Å². The molecule has 146 valence electrons. The summed E-state index contributed by atoms with van der Waals surface area (Å²) in [5.41, 5.74) is 3.77. The third-order valence-electron chi connectivity index (χ3n) is 5.14. The molecule has 28 heavy (non-hydrogen) atoms. The Kier molecular flexibility index (Phi) is 6.10. The van der Waals surface area contributed by atoms with Crippen molar-refractivity contribution in [3.63, 3.8) is 0 Å². The number of hydrogen-bond acceptors (Lipinski definition) is 3. The minimum Gasteiger partial charge on any atom is -0.316 e. The van der Waals surface area contributed by atoms with Gasteiger partial charge in [0.15, 0.2) is 0 Å². The van der Waals surface area contributed by atoms with Crippen LogP contribution in [0.25, 0.3) is 33.5 Å². The molecule has 2 aromatic heterocycles. The average molecular weight is 376 g/mol. The van der Waals surface area contributed by atoms with Crippen molar-refractivity contribution in [2.75, 3.05) is 7.05 Å². The maximum Gasteiger partial charge on any atom is 0.264 e. The standard InChI is InChI=1S/C20H17N3O.2C2H6/c1-21-13-9-10-14-18-12(11-13)5-4-6-15(18)20(24)23-17-8-3-2-7-16(17)22-19(14)23;2*1-2/h2-8,10,13,21H,9,11H2,1H3;2*1-2H3. The molecule has 0 bridgehead atoms. The fourth-order valence-corrected chi connectivity index (χ4v) is 3.93. The van der Waals surface area contributed by atoms with Gasteiger partial charge in [0.25, 0.3) is 5.56 Å². The largest absolute Gasteiger partial charge is 0.316 e. The van der Waals surface area contributed by atoms with Gasteiger partial charge in [0.2, 0.25) is 0 Å². The second-order valence-electron chi connectivity index (χ2n) is 6.45. The molecular formula is C24H29N3O. The Bertz CT molecular complexity index is 1220. The Morgan fingerprint density at radius 1 is 1.04 bits per heavy atom. The third kappa shape index (κ3) is 3.08. The molecule has 0 amide bonds. The molecular weight excluding hydrogens is 346 g/mol. The van der Waals surface area contributed by atoms with E-state index in [9.17, 15) is 4.79 Å². The van der Waals surface area contributed by atoms with Crippen molar-refractivity contribution < 1.29 is 0 Å². The van der Waals surface area contributed by atoms with Gasteiger partial charge in [-0.15, -0.1) is 0 Å². The van der Waals surface area contributed by atoms with Crippen LogP contribution in [0.15, 0.2) is 47.3 Å². The molecule has 1 unspecified atom stereocenters. The molecule has 0 saturated carbocycles. The van der Waals surface area contributed by atoms with E-state index in [1.54, 1.807) is 4.40 Å². The highest BCUT2D eigenvalue weighted by atomic mass is 16.1. The fraction of sp³-hybridized carbons (Fsp3) is 0.333. The number of imidazole rings is 1. The molecule has 1 atom stereocenters. The lowest BCUT2D eigenvalue weighted by molar-refractivity contribution is 0.580. The number of aromatic nitrogens is 2. The van der Waals surface area contributed by atoms with Gasteiger partial charge >= 0.3 is 0 Å². The summed E-state index contributed by atoms with van der Waals surface area (Å²) in [6.45, 7) is 8.00. The van der Waals surface area contributed by atoms with Crippen LogP contribution in [0.5, 0.6) is 0 Å². The van der Waals surface area contributed by atoms with E-state index in [1.165, 1.54) is 5.56 Å². The summed E-state index contributed by atoms with van der Waals surface area (Å²) in [4.78, 5) is 17.9. The van der Waals surface area contributed by atoms with Crippen LogP contribution in [0.3, 0.4) is 0 Å². The van der Waals surface area contributed by atoms with Gasteiger partial charge in [-0.25, -0.2) is 4.98 Å². The maximum absolute atomic E-state index is 13.2. The lowest BCUT2D eigenvalue weighted by Crippen LogP contribution is -2.26. The van der Waals surface area contributed by atoms with Crippen molar-refractivity contribution in [1.82, 2.24) is 14.7 Å². The highest BCUT2D eigenvalue weighted by Gasteiger charge is 2.19. The summed E-state index contributed by atoms with van der Waals surface area (Å²) >= 11 is 0. The zero-order valence-electron chi connectivity index (χ0n) is 17.4. The van der Waals surface area contributed by atoms with Crippen LogP contribution < -0.4 is 16.1 Å². The number of nitrogens with zero attached hydrogens (tertiary/aromatic N) is 2. The minimum atomic E-state index is 0.0237. The van der Waals surface area contributed by atoms with Crippen LogP contribution in [0.1, 0.15) is 39.7 Å². The smallest absolute Gasteiger partial charge is 0.264 e. The summed E-state index contributed by atoms with van der Waals surface area (Å²) in [5.74, 6) is 0. The second-order valence-corrected chi connectivity index (χ2v) is 6.45. The molecule has 0 aliphatic heterocycles. The molecule has 4 aromatic rings. The predicted octanol–water partition coefficient (Wildman–Crippen LogP) is 4.09. The fourth-order valence-electron chi connectivity index (χ4n) is 3.93. The van der Waals surface area contributed by atoms with Gasteiger partial charge in [0.05, 0.1) is 11.0 Å². The first-order chi connectivity index (χ1) is 13.8. The van der Waals surface area contributed by atoms with Gasteiger partial charge < -0.3 is 5.32 Å². The molecule has 1 N–H and O–H groups in total. The van der Waals surface area contributed by atoms with Gasteiger partial charge in [-0.1, -0.05) is 58.0 Å². The van der Waals surface area contributed by atoms with Crippen LogP contribution in [0, 0.1) is 0 Å². The molecule has 2 aromatic carbocycles. The van der Waals surface area contributed by atoms with E-state index in [2.05, 4.69) is 17.5 Å². The molecule has 0 saturated heterocycles. The molecule has 0 spiro atoms. The average Bonchev–Trinajstić information content (AvgIpc) is 3.04. The summed E-state index contributed by atoms with van der Waals surface area (Å²) in [7, 11) is 1.99. The van der Waals surface area contributed by atoms with Crippen LogP contribution >= 0.6 is 0 Å². The van der Waals surface area contributed by atoms with Crippen LogP contribution in [0.4, 0.5) is 0 Å². The zero-order chi connectivity index (χ0) is 20.3. The number of hydrogen-bond donors (Lipinski definition) is 1. The first kappa shape index (κ1) is 20.0. The van der Waals surface area contributed by atoms with E-state index < -0.39 is 0 Å². The van der Waals surface area contributed by atoms with E-state index in [0.29, 0.717) is 6.04 Å². The van der Waals surface area contributed by atoms with Gasteiger partial charge in [-0.05, 0) is 43.7 Å². The van der Waals surface area contributed by atoms with Crippen molar-refractivity contribution in [2.45, 2.75) is 46.6 Å². The van der Waals surface area contributed by atoms with Crippen molar-refractivity contribution in [3.05, 3.63) is 63.6 Å². The summed E-state index contributed by atoms with van der Waals surface area (Å²) in [6.07, 6.45) is 4.09. The van der Waals surface area contributed by atoms with E-state index >= 15 is 0 Å². The molecule has 2 heterocycles. The Balaban J connectivity index is 0.000000531. The quantitative estimate of drug-likeness (QED) is 0.545. The van der Waals surface area contributed by atoms with E-state index in [-0.39, 0.29) is 5.56 Å². The van der Waals surface area contributed by atoms with Crippen molar-refractivity contribution in [1.29, 1.82) is 0 Å². The number of rotatable bonds is 1. The molecule has 1 aliphatic carbocycles. The maximum atomic E-state index is 13.2. The minimum absolute atomic E-state index is 0.0237. The van der Waals surface area contributed by atoms with Crippen molar-refractivity contribution in [2.24, 2.45) is 0 Å². The number of pyridine rings is 1. The van der Waals surface area contributed by atoms with Crippen LogP contribution in [0.2, 0.25) is 0 Å². The van der Waals surface area contributed by atoms with Gasteiger partial charge in [-0.2, -0.15) is 0 Å². The first-order valence-electron chi connectivity index (χ1n) is 10.3. The molecule has 0 radical (unpaired) electrons. The highest BCUT2D eigenvalue weighted by molar-refractivity contribution is 5.93. The lowest BCUT2D eigenvalue weighted by atomic mass is 10.0.